The number of anilines is 2. The second kappa shape index (κ2) is 9.30. The summed E-state index contributed by atoms with van der Waals surface area (Å²) in [6.07, 6.45) is 0.870. The zero-order valence-corrected chi connectivity index (χ0v) is 17.6. The molecule has 160 valence electrons. The summed E-state index contributed by atoms with van der Waals surface area (Å²) < 4.78 is 0. The topological polar surface area (TPSA) is 75.8 Å². The fraction of sp³-hybridized carbons (Fsp3) is 0.500. The summed E-state index contributed by atoms with van der Waals surface area (Å²) in [4.78, 5) is 40.3. The summed E-state index contributed by atoms with van der Waals surface area (Å²) in [5, 5.41) is 0. The van der Waals surface area contributed by atoms with Gasteiger partial charge in [0, 0.05) is 77.6 Å². The van der Waals surface area contributed by atoms with Gasteiger partial charge in [-0.3, -0.25) is 19.5 Å². The third-order valence-corrected chi connectivity index (χ3v) is 5.90. The Bertz CT molecular complexity index is 907. The molecule has 0 bridgehead atoms. The highest BCUT2D eigenvalue weighted by Crippen LogP contribution is 2.17. The van der Waals surface area contributed by atoms with Crippen molar-refractivity contribution in [1.29, 1.82) is 0 Å². The fourth-order valence-electron chi connectivity index (χ4n) is 4.20. The molecule has 0 aliphatic carbocycles. The molecule has 4 rings (SSSR count). The molecule has 3 heterocycles. The van der Waals surface area contributed by atoms with E-state index in [-0.39, 0.29) is 11.5 Å². The third kappa shape index (κ3) is 4.99. The first-order valence-electron chi connectivity index (χ1n) is 10.7. The lowest BCUT2D eigenvalue weighted by Crippen LogP contribution is -2.46. The lowest BCUT2D eigenvalue weighted by Gasteiger charge is -2.36. The number of hydrogen-bond donors (Lipinski definition) is 1. The number of carbonyl (C=O) groups is 1. The minimum absolute atomic E-state index is 0.0988. The molecule has 2 fully saturated rings. The molecule has 1 N–H and O–H groups in total. The largest absolute Gasteiger partial charge is 0.369 e. The molecular formula is C22H30N6O2. The molecule has 8 nitrogen and oxygen atoms in total. The first-order valence-corrected chi connectivity index (χ1v) is 10.7. The van der Waals surface area contributed by atoms with E-state index < -0.39 is 0 Å². The van der Waals surface area contributed by atoms with E-state index in [9.17, 15) is 9.59 Å². The van der Waals surface area contributed by atoms with Crippen LogP contribution in [0.1, 0.15) is 19.0 Å². The average molecular weight is 411 g/mol. The van der Waals surface area contributed by atoms with E-state index >= 15 is 0 Å². The second-order valence-electron chi connectivity index (χ2n) is 8.01. The first-order chi connectivity index (χ1) is 14.6. The van der Waals surface area contributed by atoms with Gasteiger partial charge in [-0.1, -0.05) is 18.2 Å². The quantitative estimate of drug-likeness (QED) is 0.815. The summed E-state index contributed by atoms with van der Waals surface area (Å²) in [5.41, 5.74) is 1.94. The van der Waals surface area contributed by atoms with Crippen molar-refractivity contribution in [3.63, 3.8) is 0 Å². The summed E-state index contributed by atoms with van der Waals surface area (Å²) >= 11 is 0. The van der Waals surface area contributed by atoms with Gasteiger partial charge in [-0.15, -0.1) is 0 Å². The highest BCUT2D eigenvalue weighted by atomic mass is 16.2. The van der Waals surface area contributed by atoms with Gasteiger partial charge < -0.3 is 14.7 Å². The number of piperazine rings is 1. The molecule has 2 saturated heterocycles. The molecule has 2 aliphatic rings. The smallest absolute Gasteiger partial charge is 0.252 e. The maximum Gasteiger partial charge on any atom is 0.252 e. The highest BCUT2D eigenvalue weighted by Gasteiger charge is 2.21. The van der Waals surface area contributed by atoms with Crippen molar-refractivity contribution in [3.8, 4) is 0 Å². The zero-order valence-electron chi connectivity index (χ0n) is 17.6. The third-order valence-electron chi connectivity index (χ3n) is 5.90. The van der Waals surface area contributed by atoms with Gasteiger partial charge in [-0.25, -0.2) is 4.98 Å². The number of hydrogen-bond acceptors (Lipinski definition) is 6. The van der Waals surface area contributed by atoms with Crippen molar-refractivity contribution in [2.45, 2.75) is 19.9 Å². The molecular weight excluding hydrogens is 380 g/mol. The number of para-hydroxylation sites is 1. The van der Waals surface area contributed by atoms with E-state index in [0.717, 1.165) is 51.4 Å². The predicted molar refractivity (Wildman–Crippen MR) is 118 cm³/mol. The van der Waals surface area contributed by atoms with Crippen LogP contribution in [0, 0.1) is 0 Å². The summed E-state index contributed by atoms with van der Waals surface area (Å²) in [6.45, 7) is 8.97. The van der Waals surface area contributed by atoms with Gasteiger partial charge in [-0.05, 0) is 18.6 Å². The van der Waals surface area contributed by atoms with Gasteiger partial charge in [-0.2, -0.15) is 0 Å². The van der Waals surface area contributed by atoms with Crippen molar-refractivity contribution < 1.29 is 4.79 Å². The normalized spacial score (nSPS) is 18.4. The SMILES string of the molecule is CC(=O)N1CCCN(c2nc(CN3CCN(c4ccccc4)CC3)cc(=O)[nH]2)CC1. The lowest BCUT2D eigenvalue weighted by molar-refractivity contribution is -0.128. The lowest BCUT2D eigenvalue weighted by atomic mass is 10.2. The molecule has 30 heavy (non-hydrogen) atoms. The van der Waals surface area contributed by atoms with Crippen LogP contribution in [0.2, 0.25) is 0 Å². The van der Waals surface area contributed by atoms with Crippen molar-refractivity contribution in [2.24, 2.45) is 0 Å². The molecule has 0 atom stereocenters. The minimum Gasteiger partial charge on any atom is -0.369 e. The standard InChI is InChI=1S/C22H30N6O2/c1-18(29)26-8-5-9-28(15-14-26)22-23-19(16-21(30)24-22)17-25-10-12-27(13-11-25)20-6-3-2-4-7-20/h2-4,6-7,16H,5,8-15,17H2,1H3,(H,23,24,30). The number of aromatic amines is 1. The van der Waals surface area contributed by atoms with Crippen LogP contribution in [-0.4, -0.2) is 78.0 Å². The molecule has 0 saturated carbocycles. The minimum atomic E-state index is -0.120. The van der Waals surface area contributed by atoms with Gasteiger partial charge in [0.25, 0.3) is 5.56 Å². The van der Waals surface area contributed by atoms with E-state index in [1.165, 1.54) is 5.69 Å². The van der Waals surface area contributed by atoms with E-state index in [2.05, 4.69) is 43.9 Å². The summed E-state index contributed by atoms with van der Waals surface area (Å²) in [7, 11) is 0. The van der Waals surface area contributed by atoms with Gasteiger partial charge >= 0.3 is 0 Å². The molecule has 2 aromatic rings. The van der Waals surface area contributed by atoms with Crippen LogP contribution in [0.25, 0.3) is 0 Å². The van der Waals surface area contributed by atoms with Crippen LogP contribution >= 0.6 is 0 Å². The van der Waals surface area contributed by atoms with Crippen LogP contribution in [-0.2, 0) is 11.3 Å². The van der Waals surface area contributed by atoms with Crippen molar-refractivity contribution in [2.75, 3.05) is 62.2 Å². The molecule has 8 heteroatoms. The number of H-pyrrole nitrogens is 1. The van der Waals surface area contributed by atoms with E-state index in [0.29, 0.717) is 25.6 Å². The van der Waals surface area contributed by atoms with Gasteiger partial charge in [0.05, 0.1) is 5.69 Å². The Balaban J connectivity index is 1.38. The number of nitrogens with zero attached hydrogens (tertiary/aromatic N) is 5. The van der Waals surface area contributed by atoms with E-state index in [4.69, 9.17) is 4.98 Å². The zero-order chi connectivity index (χ0) is 20.9. The first kappa shape index (κ1) is 20.4. The number of amides is 1. The van der Waals surface area contributed by atoms with E-state index in [1.54, 1.807) is 13.0 Å². The van der Waals surface area contributed by atoms with Crippen LogP contribution in [0.3, 0.4) is 0 Å². The Morgan fingerprint density at radius 3 is 2.43 bits per heavy atom. The van der Waals surface area contributed by atoms with E-state index in [1.807, 2.05) is 11.0 Å². The van der Waals surface area contributed by atoms with Crippen LogP contribution in [0.4, 0.5) is 11.6 Å². The Morgan fingerprint density at radius 1 is 0.967 bits per heavy atom. The maximum atomic E-state index is 12.3. The van der Waals surface area contributed by atoms with Crippen molar-refractivity contribution in [1.82, 2.24) is 19.8 Å². The van der Waals surface area contributed by atoms with Gasteiger partial charge in [0.1, 0.15) is 0 Å². The fourth-order valence-corrected chi connectivity index (χ4v) is 4.20. The van der Waals surface area contributed by atoms with Gasteiger partial charge in [0.15, 0.2) is 0 Å². The summed E-state index contributed by atoms with van der Waals surface area (Å²) in [5.74, 6) is 0.715. The van der Waals surface area contributed by atoms with Crippen LogP contribution in [0.15, 0.2) is 41.2 Å². The maximum absolute atomic E-state index is 12.3. The monoisotopic (exact) mass is 410 g/mol. The number of nitrogens with one attached hydrogen (secondary N) is 1. The Morgan fingerprint density at radius 2 is 1.70 bits per heavy atom. The molecule has 0 radical (unpaired) electrons. The number of benzene rings is 1. The number of carbonyl (C=O) groups excluding carboxylic acids is 1. The average Bonchev–Trinajstić information content (AvgIpc) is 3.01. The molecule has 1 amide bonds. The Hall–Kier alpha value is -2.87. The van der Waals surface area contributed by atoms with Crippen molar-refractivity contribution >= 4 is 17.5 Å². The molecule has 1 aromatic heterocycles. The predicted octanol–water partition coefficient (Wildman–Crippen LogP) is 1.15. The highest BCUT2D eigenvalue weighted by molar-refractivity contribution is 5.73. The van der Waals surface area contributed by atoms with Gasteiger partial charge in [0.2, 0.25) is 11.9 Å². The molecule has 1 aromatic carbocycles. The van der Waals surface area contributed by atoms with Crippen LogP contribution in [0.5, 0.6) is 0 Å². The number of rotatable bonds is 4. The second-order valence-corrected chi connectivity index (χ2v) is 8.01. The van der Waals surface area contributed by atoms with Crippen molar-refractivity contribution in [3.05, 3.63) is 52.4 Å². The number of aromatic nitrogens is 2. The molecule has 0 unspecified atom stereocenters. The molecule has 0 spiro atoms. The van der Waals surface area contributed by atoms with Crippen LogP contribution < -0.4 is 15.4 Å². The Kier molecular flexibility index (Phi) is 6.32. The Labute approximate surface area is 177 Å². The molecule has 2 aliphatic heterocycles. The summed E-state index contributed by atoms with van der Waals surface area (Å²) in [6, 6.07) is 12.1.